The van der Waals surface area contributed by atoms with Crippen LogP contribution in [0, 0.1) is 0 Å². The maximum atomic E-state index is 12.6. The van der Waals surface area contributed by atoms with Crippen molar-refractivity contribution in [3.63, 3.8) is 0 Å². The van der Waals surface area contributed by atoms with Crippen LogP contribution in [-0.4, -0.2) is 31.1 Å². The minimum absolute atomic E-state index is 0.162. The topological polar surface area (TPSA) is 54.5 Å². The van der Waals surface area contributed by atoms with Gasteiger partial charge in [-0.05, 0) is 48.7 Å². The van der Waals surface area contributed by atoms with Gasteiger partial charge in [-0.2, -0.15) is 0 Å². The van der Waals surface area contributed by atoms with E-state index in [4.69, 9.17) is 4.74 Å². The predicted octanol–water partition coefficient (Wildman–Crippen LogP) is 4.09. The van der Waals surface area contributed by atoms with Gasteiger partial charge in [-0.25, -0.2) is 0 Å². The summed E-state index contributed by atoms with van der Waals surface area (Å²) in [5, 5.41) is 2.96. The lowest BCUT2D eigenvalue weighted by molar-refractivity contribution is 0.0949. The number of benzene rings is 2. The van der Waals surface area contributed by atoms with Crippen molar-refractivity contribution in [3.05, 3.63) is 89.7 Å². The first-order chi connectivity index (χ1) is 14.2. The number of anilines is 1. The van der Waals surface area contributed by atoms with E-state index in [0.29, 0.717) is 12.2 Å². The van der Waals surface area contributed by atoms with E-state index < -0.39 is 0 Å². The van der Waals surface area contributed by atoms with E-state index in [1.165, 1.54) is 5.56 Å². The number of nitrogens with one attached hydrogen (secondary N) is 1. The Labute approximate surface area is 172 Å². The van der Waals surface area contributed by atoms with Gasteiger partial charge in [0.25, 0.3) is 5.91 Å². The molecule has 29 heavy (non-hydrogen) atoms. The predicted molar refractivity (Wildman–Crippen MR) is 116 cm³/mol. The number of rotatable bonds is 9. The molecule has 3 aromatic rings. The molecule has 5 heteroatoms. The Morgan fingerprint density at radius 3 is 2.59 bits per heavy atom. The molecule has 1 amide bonds. The smallest absolute Gasteiger partial charge is 0.269 e. The fourth-order valence-corrected chi connectivity index (χ4v) is 3.17. The molecule has 0 aliphatic carbocycles. The van der Waals surface area contributed by atoms with Crippen molar-refractivity contribution in [2.45, 2.75) is 19.9 Å². The summed E-state index contributed by atoms with van der Waals surface area (Å²) < 4.78 is 5.24. The summed E-state index contributed by atoms with van der Waals surface area (Å²) in [6.07, 6.45) is 2.43. The average molecular weight is 389 g/mol. The number of hydrogen-bond acceptors (Lipinski definition) is 4. The molecule has 1 N–H and O–H groups in total. The molecule has 0 saturated heterocycles. The van der Waals surface area contributed by atoms with Crippen LogP contribution in [0.5, 0.6) is 5.75 Å². The first-order valence-electron chi connectivity index (χ1n) is 9.85. The van der Waals surface area contributed by atoms with Crippen LogP contribution in [0.2, 0.25) is 0 Å². The Kier molecular flexibility index (Phi) is 7.22. The summed E-state index contributed by atoms with van der Waals surface area (Å²) in [5.41, 5.74) is 3.77. The molecule has 0 bridgehead atoms. The van der Waals surface area contributed by atoms with Crippen LogP contribution in [0.15, 0.2) is 72.9 Å². The standard InChI is InChI=1S/C24H27N3O2/c1-3-27(18-20-8-5-4-6-9-20)21-13-15-25-23(17-21)24(28)26-14-12-19-10-7-11-22(16-19)29-2/h4-11,13,15-17H,3,12,14,18H2,1-2H3,(H,26,28). The summed E-state index contributed by atoms with van der Waals surface area (Å²) in [7, 11) is 1.65. The Balaban J connectivity index is 1.60. The van der Waals surface area contributed by atoms with Gasteiger partial charge < -0.3 is 15.0 Å². The van der Waals surface area contributed by atoms with Crippen LogP contribution in [0.25, 0.3) is 0 Å². The molecule has 5 nitrogen and oxygen atoms in total. The first kappa shape index (κ1) is 20.4. The van der Waals surface area contributed by atoms with E-state index in [9.17, 15) is 4.79 Å². The summed E-state index contributed by atoms with van der Waals surface area (Å²) in [6, 6.07) is 22.0. The van der Waals surface area contributed by atoms with Crippen molar-refractivity contribution in [2.75, 3.05) is 25.1 Å². The average Bonchev–Trinajstić information content (AvgIpc) is 2.78. The number of amides is 1. The first-order valence-corrected chi connectivity index (χ1v) is 9.85. The maximum Gasteiger partial charge on any atom is 0.269 e. The third-order valence-electron chi connectivity index (χ3n) is 4.77. The Bertz CT molecular complexity index is 928. The largest absolute Gasteiger partial charge is 0.497 e. The van der Waals surface area contributed by atoms with E-state index >= 15 is 0 Å². The van der Waals surface area contributed by atoms with Gasteiger partial charge in [-0.3, -0.25) is 9.78 Å². The summed E-state index contributed by atoms with van der Waals surface area (Å²) in [6.45, 7) is 4.28. The van der Waals surface area contributed by atoms with Crippen LogP contribution >= 0.6 is 0 Å². The fraction of sp³-hybridized carbons (Fsp3) is 0.250. The highest BCUT2D eigenvalue weighted by Crippen LogP contribution is 2.18. The molecule has 150 valence electrons. The van der Waals surface area contributed by atoms with E-state index in [1.54, 1.807) is 13.3 Å². The monoisotopic (exact) mass is 389 g/mol. The third-order valence-corrected chi connectivity index (χ3v) is 4.77. The van der Waals surface area contributed by atoms with Gasteiger partial charge >= 0.3 is 0 Å². The number of aromatic nitrogens is 1. The number of pyridine rings is 1. The van der Waals surface area contributed by atoms with E-state index in [1.807, 2.05) is 54.6 Å². The lowest BCUT2D eigenvalue weighted by Gasteiger charge is -2.23. The zero-order valence-corrected chi connectivity index (χ0v) is 17.0. The molecule has 1 heterocycles. The molecule has 0 radical (unpaired) electrons. The lowest BCUT2D eigenvalue weighted by atomic mass is 10.1. The number of carbonyl (C=O) groups excluding carboxylic acids is 1. The molecular formula is C24H27N3O2. The van der Waals surface area contributed by atoms with Crippen molar-refractivity contribution in [1.82, 2.24) is 10.3 Å². The zero-order valence-electron chi connectivity index (χ0n) is 17.0. The van der Waals surface area contributed by atoms with Gasteiger partial charge in [0.2, 0.25) is 0 Å². The van der Waals surface area contributed by atoms with Crippen molar-refractivity contribution in [1.29, 1.82) is 0 Å². The molecule has 0 fully saturated rings. The Morgan fingerprint density at radius 2 is 1.83 bits per heavy atom. The molecular weight excluding hydrogens is 362 g/mol. The molecule has 0 spiro atoms. The van der Waals surface area contributed by atoms with E-state index in [0.717, 1.165) is 36.5 Å². The Morgan fingerprint density at radius 1 is 1.03 bits per heavy atom. The van der Waals surface area contributed by atoms with Crippen LogP contribution in [0.3, 0.4) is 0 Å². The van der Waals surface area contributed by atoms with E-state index in [-0.39, 0.29) is 5.91 Å². The summed E-state index contributed by atoms with van der Waals surface area (Å²) >= 11 is 0. The normalized spacial score (nSPS) is 10.4. The maximum absolute atomic E-state index is 12.6. The molecule has 0 saturated carbocycles. The molecule has 0 aliphatic heterocycles. The molecule has 1 aromatic heterocycles. The quantitative estimate of drug-likeness (QED) is 0.599. The van der Waals surface area contributed by atoms with Gasteiger partial charge in [0, 0.05) is 31.5 Å². The van der Waals surface area contributed by atoms with Crippen molar-refractivity contribution >= 4 is 11.6 Å². The highest BCUT2D eigenvalue weighted by atomic mass is 16.5. The molecule has 2 aromatic carbocycles. The minimum atomic E-state index is -0.162. The second kappa shape index (κ2) is 10.3. The van der Waals surface area contributed by atoms with E-state index in [2.05, 4.69) is 34.3 Å². The van der Waals surface area contributed by atoms with Crippen LogP contribution < -0.4 is 15.0 Å². The number of methoxy groups -OCH3 is 1. The van der Waals surface area contributed by atoms with Crippen molar-refractivity contribution in [3.8, 4) is 5.75 Å². The Hall–Kier alpha value is -3.34. The number of nitrogens with zero attached hydrogens (tertiary/aromatic N) is 2. The molecule has 0 atom stereocenters. The fourth-order valence-electron chi connectivity index (χ4n) is 3.17. The van der Waals surface area contributed by atoms with Crippen LogP contribution in [-0.2, 0) is 13.0 Å². The zero-order chi connectivity index (χ0) is 20.5. The number of carbonyl (C=O) groups is 1. The highest BCUT2D eigenvalue weighted by Gasteiger charge is 2.11. The summed E-state index contributed by atoms with van der Waals surface area (Å²) in [4.78, 5) is 19.0. The SMILES string of the molecule is CCN(Cc1ccccc1)c1ccnc(C(=O)NCCc2cccc(OC)c2)c1. The van der Waals surface area contributed by atoms with Crippen molar-refractivity contribution < 1.29 is 9.53 Å². The lowest BCUT2D eigenvalue weighted by Crippen LogP contribution is -2.27. The number of ether oxygens (including phenoxy) is 1. The van der Waals surface area contributed by atoms with Gasteiger partial charge in [-0.15, -0.1) is 0 Å². The second-order valence-electron chi connectivity index (χ2n) is 6.76. The molecule has 0 unspecified atom stereocenters. The number of hydrogen-bond donors (Lipinski definition) is 1. The summed E-state index contributed by atoms with van der Waals surface area (Å²) in [5.74, 6) is 0.659. The minimum Gasteiger partial charge on any atom is -0.497 e. The molecule has 3 rings (SSSR count). The van der Waals surface area contributed by atoms with Gasteiger partial charge in [0.15, 0.2) is 0 Å². The third kappa shape index (κ3) is 5.82. The van der Waals surface area contributed by atoms with Crippen molar-refractivity contribution in [2.24, 2.45) is 0 Å². The molecule has 0 aliphatic rings. The van der Waals surface area contributed by atoms with Gasteiger partial charge in [0.1, 0.15) is 11.4 Å². The van der Waals surface area contributed by atoms with Gasteiger partial charge in [0.05, 0.1) is 7.11 Å². The second-order valence-corrected chi connectivity index (χ2v) is 6.76. The van der Waals surface area contributed by atoms with Gasteiger partial charge in [-0.1, -0.05) is 42.5 Å². The van der Waals surface area contributed by atoms with Crippen LogP contribution in [0.1, 0.15) is 28.5 Å². The highest BCUT2D eigenvalue weighted by molar-refractivity contribution is 5.93. The van der Waals surface area contributed by atoms with Crippen LogP contribution in [0.4, 0.5) is 5.69 Å².